The Labute approximate surface area is 271 Å². The average Bonchev–Trinajstić information content (AvgIpc) is 3.71. The molecule has 0 unspecified atom stereocenters. The molecular weight excluding hydrogens is 600 g/mol. The van der Waals surface area contributed by atoms with Gasteiger partial charge in [0.25, 0.3) is 0 Å². The van der Waals surface area contributed by atoms with Crippen molar-refractivity contribution in [2.75, 3.05) is 6.79 Å². The second kappa shape index (κ2) is 13.9. The summed E-state index contributed by atoms with van der Waals surface area (Å²) in [5.41, 5.74) is 3.34. The number of amides is 1. The normalized spacial score (nSPS) is 14.1. The first-order valence-corrected chi connectivity index (χ1v) is 15.7. The van der Waals surface area contributed by atoms with Crippen LogP contribution in [0.4, 0.5) is 0 Å². The number of aryl methyl sites for hydroxylation is 1. The third kappa shape index (κ3) is 7.38. The predicted octanol–water partition coefficient (Wildman–Crippen LogP) is 6.80. The third-order valence-corrected chi connectivity index (χ3v) is 8.82. The summed E-state index contributed by atoms with van der Waals surface area (Å²) in [5, 5.41) is 21.2. The summed E-state index contributed by atoms with van der Waals surface area (Å²) < 4.78 is 17.2. The molecule has 0 spiro atoms. The minimum atomic E-state index is -1.35. The van der Waals surface area contributed by atoms with E-state index in [-0.39, 0.29) is 19.3 Å². The highest BCUT2D eigenvalue weighted by molar-refractivity contribution is 5.86. The number of rotatable bonds is 14. The molecular formula is C37H36N2O8. The van der Waals surface area contributed by atoms with Crippen molar-refractivity contribution in [3.05, 3.63) is 102 Å². The fourth-order valence-electron chi connectivity index (χ4n) is 6.33. The van der Waals surface area contributed by atoms with Crippen LogP contribution in [0, 0.1) is 5.92 Å². The minimum Gasteiger partial charge on any atom is -0.481 e. The van der Waals surface area contributed by atoms with Crippen LogP contribution in [-0.4, -0.2) is 50.8 Å². The van der Waals surface area contributed by atoms with E-state index in [9.17, 15) is 24.6 Å². The van der Waals surface area contributed by atoms with Crippen molar-refractivity contribution in [3.8, 4) is 11.5 Å². The largest absolute Gasteiger partial charge is 0.481 e. The van der Waals surface area contributed by atoms with Gasteiger partial charge < -0.3 is 29.0 Å². The summed E-state index contributed by atoms with van der Waals surface area (Å²) in [7, 11) is 0. The summed E-state index contributed by atoms with van der Waals surface area (Å²) in [5.74, 6) is -2.65. The number of nitrogens with zero attached hydrogens (tertiary/aromatic N) is 2. The van der Waals surface area contributed by atoms with Gasteiger partial charge >= 0.3 is 11.9 Å². The van der Waals surface area contributed by atoms with Gasteiger partial charge in [-0.05, 0) is 72.0 Å². The molecule has 0 saturated heterocycles. The first-order chi connectivity index (χ1) is 22.7. The molecule has 2 heterocycles. The van der Waals surface area contributed by atoms with Crippen molar-refractivity contribution in [1.82, 2.24) is 9.88 Å². The van der Waals surface area contributed by atoms with E-state index in [4.69, 9.17) is 13.9 Å². The molecule has 10 heteroatoms. The molecule has 0 radical (unpaired) electrons. The zero-order valence-corrected chi connectivity index (χ0v) is 26.0. The second-order valence-electron chi connectivity index (χ2n) is 12.0. The number of fused-ring (bicyclic) bond motifs is 3. The van der Waals surface area contributed by atoms with Crippen LogP contribution in [0.1, 0.15) is 55.5 Å². The van der Waals surface area contributed by atoms with Crippen LogP contribution < -0.4 is 9.47 Å². The maximum absolute atomic E-state index is 14.1. The lowest BCUT2D eigenvalue weighted by Crippen LogP contribution is -2.43. The number of oxazole rings is 1. The molecule has 3 atom stereocenters. The number of para-hydroxylation sites is 2. The molecule has 5 aromatic rings. The van der Waals surface area contributed by atoms with E-state index in [1.807, 2.05) is 91.9 Å². The number of carbonyl (C=O) groups excluding carboxylic acids is 1. The maximum Gasteiger partial charge on any atom is 0.307 e. The lowest BCUT2D eigenvalue weighted by molar-refractivity contribution is -0.151. The molecule has 1 aliphatic heterocycles. The van der Waals surface area contributed by atoms with Crippen LogP contribution in [-0.2, 0) is 27.3 Å². The van der Waals surface area contributed by atoms with Crippen LogP contribution in [0.2, 0.25) is 0 Å². The van der Waals surface area contributed by atoms with Crippen LogP contribution in [0.3, 0.4) is 0 Å². The van der Waals surface area contributed by atoms with Crippen LogP contribution in [0.25, 0.3) is 21.9 Å². The summed E-state index contributed by atoms with van der Waals surface area (Å²) in [6.07, 6.45) is 0.857. The first kappa shape index (κ1) is 31.6. The van der Waals surface area contributed by atoms with Gasteiger partial charge in [-0.25, -0.2) is 4.98 Å². The highest BCUT2D eigenvalue weighted by atomic mass is 16.7. The van der Waals surface area contributed by atoms with Gasteiger partial charge in [-0.15, -0.1) is 0 Å². The van der Waals surface area contributed by atoms with E-state index >= 15 is 0 Å². The number of hydrogen-bond acceptors (Lipinski definition) is 7. The fourth-order valence-corrected chi connectivity index (χ4v) is 6.33. The molecule has 47 heavy (non-hydrogen) atoms. The Balaban J connectivity index is 1.31. The van der Waals surface area contributed by atoms with Gasteiger partial charge in [-0.1, -0.05) is 54.6 Å². The van der Waals surface area contributed by atoms with E-state index in [2.05, 4.69) is 4.98 Å². The number of hydrogen-bond donors (Lipinski definition) is 2. The monoisotopic (exact) mass is 636 g/mol. The van der Waals surface area contributed by atoms with Gasteiger partial charge in [0.1, 0.15) is 5.52 Å². The number of carboxylic acids is 2. The van der Waals surface area contributed by atoms with Crippen molar-refractivity contribution in [2.45, 2.75) is 57.5 Å². The number of carboxylic acid groups (broad SMARTS) is 2. The molecule has 0 bridgehead atoms. The Bertz CT molecular complexity index is 1880. The highest BCUT2D eigenvalue weighted by Gasteiger charge is 2.33. The molecule has 0 fully saturated rings. The van der Waals surface area contributed by atoms with Gasteiger partial charge in [-0.3, -0.25) is 14.4 Å². The van der Waals surface area contributed by atoms with Crippen LogP contribution >= 0.6 is 0 Å². The van der Waals surface area contributed by atoms with E-state index in [0.717, 1.165) is 33.0 Å². The van der Waals surface area contributed by atoms with Gasteiger partial charge in [0.2, 0.25) is 12.7 Å². The van der Waals surface area contributed by atoms with Crippen molar-refractivity contribution in [3.63, 3.8) is 0 Å². The molecule has 0 aliphatic carbocycles. The Hall–Kier alpha value is -5.38. The van der Waals surface area contributed by atoms with Crippen molar-refractivity contribution in [2.24, 2.45) is 5.92 Å². The third-order valence-electron chi connectivity index (χ3n) is 8.82. The van der Waals surface area contributed by atoms with Gasteiger partial charge in [0.15, 0.2) is 23.0 Å². The maximum atomic E-state index is 14.1. The Morgan fingerprint density at radius 2 is 1.64 bits per heavy atom. The van der Waals surface area contributed by atoms with Crippen molar-refractivity contribution in [1.29, 1.82) is 0 Å². The first-order valence-electron chi connectivity index (χ1n) is 15.7. The highest BCUT2D eigenvalue weighted by Crippen LogP contribution is 2.38. The van der Waals surface area contributed by atoms with Crippen molar-refractivity contribution < 1.29 is 38.5 Å². The lowest BCUT2D eigenvalue weighted by Gasteiger charge is -2.36. The minimum absolute atomic E-state index is 0.128. The van der Waals surface area contributed by atoms with E-state index in [1.165, 1.54) is 0 Å². The topological polar surface area (TPSA) is 139 Å². The molecule has 1 amide bonds. The standard InChI is InChI=1S/C37H36N2O8/c1-23(39(35(40)19-28(37(43)44)20-36(41)42)21-24-13-14-25-7-2-3-8-26(25)17-24)29(27-15-16-32-33(18-27)46-22-45-32)9-6-12-34-38-30-10-4-5-11-31(30)47-34/h2-5,7-8,10-11,13-18,23,28-29H,6,9,12,19-22H2,1H3,(H,41,42)(H,43,44)/t23-,28-,29+/m1/s1. The molecule has 242 valence electrons. The Morgan fingerprint density at radius 1 is 0.872 bits per heavy atom. The van der Waals surface area contributed by atoms with E-state index in [0.29, 0.717) is 36.7 Å². The summed E-state index contributed by atoms with van der Waals surface area (Å²) >= 11 is 0. The molecule has 2 N–H and O–H groups in total. The molecule has 1 aromatic heterocycles. The van der Waals surface area contributed by atoms with E-state index < -0.39 is 42.6 Å². The Kier molecular flexibility index (Phi) is 9.37. The van der Waals surface area contributed by atoms with Crippen LogP contribution in [0.5, 0.6) is 11.5 Å². The summed E-state index contributed by atoms with van der Waals surface area (Å²) in [6, 6.07) is 26.9. The molecule has 6 rings (SSSR count). The molecule has 4 aromatic carbocycles. The number of aromatic nitrogens is 1. The van der Waals surface area contributed by atoms with E-state index in [1.54, 1.807) is 4.90 Å². The molecule has 10 nitrogen and oxygen atoms in total. The molecule has 0 saturated carbocycles. The number of benzene rings is 4. The zero-order valence-electron chi connectivity index (χ0n) is 26.0. The second-order valence-corrected chi connectivity index (χ2v) is 12.0. The fraction of sp³-hybridized carbons (Fsp3) is 0.297. The predicted molar refractivity (Wildman–Crippen MR) is 174 cm³/mol. The number of aliphatic carboxylic acids is 2. The zero-order chi connectivity index (χ0) is 32.9. The van der Waals surface area contributed by atoms with Gasteiger partial charge in [0, 0.05) is 31.3 Å². The lowest BCUT2D eigenvalue weighted by atomic mass is 9.85. The van der Waals surface area contributed by atoms with Crippen LogP contribution in [0.15, 0.2) is 89.3 Å². The Morgan fingerprint density at radius 3 is 2.43 bits per heavy atom. The summed E-state index contributed by atoms with van der Waals surface area (Å²) in [4.78, 5) is 43.8. The quantitative estimate of drug-likeness (QED) is 0.135. The van der Waals surface area contributed by atoms with Gasteiger partial charge in [-0.2, -0.15) is 0 Å². The SMILES string of the molecule is C[C@H]([C@H](CCCc1nc2ccccc2o1)c1ccc2c(c1)OCO2)N(Cc1ccc2ccccc2c1)C(=O)C[C@H](CC(=O)O)C(=O)O. The molecule has 1 aliphatic rings. The smallest absolute Gasteiger partial charge is 0.307 e. The van der Waals surface area contributed by atoms with Crippen molar-refractivity contribution >= 4 is 39.7 Å². The number of ether oxygens (including phenoxy) is 2. The van der Waals surface area contributed by atoms with Gasteiger partial charge in [0.05, 0.1) is 12.3 Å². The number of carbonyl (C=O) groups is 3. The summed E-state index contributed by atoms with van der Waals surface area (Å²) in [6.45, 7) is 2.31. The average molecular weight is 637 g/mol.